The fraction of sp³-hybridized carbons (Fsp3) is 0.750. The molecule has 1 saturated carbocycles. The predicted molar refractivity (Wildman–Crippen MR) is 87.7 cm³/mol. The highest BCUT2D eigenvalue weighted by Gasteiger charge is 2.19. The van der Waals surface area contributed by atoms with Crippen LogP contribution < -0.4 is 5.32 Å². The number of hydrogen-bond acceptors (Lipinski definition) is 4. The first kappa shape index (κ1) is 15.6. The van der Waals surface area contributed by atoms with Crippen LogP contribution in [0.25, 0.3) is 0 Å². The fourth-order valence-electron chi connectivity index (χ4n) is 2.57. The van der Waals surface area contributed by atoms with Gasteiger partial charge in [0.15, 0.2) is 0 Å². The van der Waals surface area contributed by atoms with Crippen molar-refractivity contribution in [3.63, 3.8) is 0 Å². The Bertz CT molecular complexity index is 428. The maximum Gasteiger partial charge on any atom is 0.133 e. The lowest BCUT2D eigenvalue weighted by Crippen LogP contribution is -2.09. The summed E-state index contributed by atoms with van der Waals surface area (Å²) in [6, 6.07) is 0. The molecule has 20 heavy (non-hydrogen) atoms. The Labute approximate surface area is 127 Å². The van der Waals surface area contributed by atoms with Gasteiger partial charge in [0.05, 0.1) is 0 Å². The first-order valence-corrected chi connectivity index (χ1v) is 8.90. The predicted octanol–water partition coefficient (Wildman–Crippen LogP) is 4.59. The van der Waals surface area contributed by atoms with Crippen LogP contribution in [0.15, 0.2) is 5.03 Å². The zero-order valence-electron chi connectivity index (χ0n) is 13.0. The molecule has 1 aliphatic carbocycles. The van der Waals surface area contributed by atoms with Crippen molar-refractivity contribution in [2.75, 3.05) is 11.9 Å². The SMILES string of the molecule is CCCNc1nc(CCC)nc(SC2CCCC2)c1C. The van der Waals surface area contributed by atoms with Gasteiger partial charge in [-0.05, 0) is 32.6 Å². The van der Waals surface area contributed by atoms with Crippen LogP contribution in [0, 0.1) is 6.92 Å². The number of nitrogens with zero attached hydrogens (tertiary/aromatic N) is 2. The van der Waals surface area contributed by atoms with Gasteiger partial charge in [0.25, 0.3) is 0 Å². The molecular weight excluding hydrogens is 266 g/mol. The Balaban J connectivity index is 2.19. The van der Waals surface area contributed by atoms with Crippen molar-refractivity contribution >= 4 is 17.6 Å². The Morgan fingerprint density at radius 1 is 1.15 bits per heavy atom. The quantitative estimate of drug-likeness (QED) is 0.746. The van der Waals surface area contributed by atoms with Crippen LogP contribution in [-0.2, 0) is 6.42 Å². The third-order valence-corrected chi connectivity index (χ3v) is 5.17. The van der Waals surface area contributed by atoms with Gasteiger partial charge in [-0.1, -0.05) is 26.7 Å². The van der Waals surface area contributed by atoms with Gasteiger partial charge in [0.2, 0.25) is 0 Å². The van der Waals surface area contributed by atoms with Gasteiger partial charge in [-0.15, -0.1) is 11.8 Å². The molecule has 1 aromatic heterocycles. The number of rotatable bonds is 7. The summed E-state index contributed by atoms with van der Waals surface area (Å²) in [5.41, 5.74) is 1.23. The van der Waals surface area contributed by atoms with Crippen LogP contribution in [-0.4, -0.2) is 21.8 Å². The molecule has 4 heteroatoms. The minimum atomic E-state index is 0.761. The first-order chi connectivity index (χ1) is 9.74. The van der Waals surface area contributed by atoms with Crippen LogP contribution >= 0.6 is 11.8 Å². The van der Waals surface area contributed by atoms with E-state index in [1.165, 1.54) is 36.3 Å². The van der Waals surface area contributed by atoms with Gasteiger partial charge in [-0.3, -0.25) is 0 Å². The maximum absolute atomic E-state index is 4.81. The Kier molecular flexibility index (Phi) is 6.14. The van der Waals surface area contributed by atoms with Crippen LogP contribution in [0.2, 0.25) is 0 Å². The lowest BCUT2D eigenvalue weighted by molar-refractivity contribution is 0.796. The number of thioether (sulfide) groups is 1. The van der Waals surface area contributed by atoms with Gasteiger partial charge in [0, 0.05) is 23.8 Å². The molecule has 1 fully saturated rings. The molecule has 1 aliphatic rings. The molecule has 2 rings (SSSR count). The molecule has 0 radical (unpaired) electrons. The molecule has 0 bridgehead atoms. The second-order valence-electron chi connectivity index (χ2n) is 5.62. The number of aromatic nitrogens is 2. The molecular formula is C16H27N3S. The minimum Gasteiger partial charge on any atom is -0.370 e. The smallest absolute Gasteiger partial charge is 0.133 e. The van der Waals surface area contributed by atoms with Gasteiger partial charge in [-0.25, -0.2) is 9.97 Å². The van der Waals surface area contributed by atoms with E-state index >= 15 is 0 Å². The van der Waals surface area contributed by atoms with Crippen molar-refractivity contribution in [3.8, 4) is 0 Å². The zero-order chi connectivity index (χ0) is 14.4. The molecule has 112 valence electrons. The van der Waals surface area contributed by atoms with Gasteiger partial charge in [0.1, 0.15) is 16.7 Å². The Hall–Kier alpha value is -0.770. The Morgan fingerprint density at radius 2 is 1.90 bits per heavy atom. The molecule has 0 amide bonds. The number of hydrogen-bond donors (Lipinski definition) is 1. The molecule has 1 N–H and O–H groups in total. The summed E-state index contributed by atoms with van der Waals surface area (Å²) in [6.45, 7) is 7.51. The van der Waals surface area contributed by atoms with Gasteiger partial charge in [-0.2, -0.15) is 0 Å². The van der Waals surface area contributed by atoms with E-state index in [1.54, 1.807) is 0 Å². The van der Waals surface area contributed by atoms with Crippen molar-refractivity contribution in [2.45, 2.75) is 76.0 Å². The van der Waals surface area contributed by atoms with E-state index in [0.717, 1.165) is 42.7 Å². The molecule has 0 aliphatic heterocycles. The molecule has 3 nitrogen and oxygen atoms in total. The monoisotopic (exact) mass is 293 g/mol. The van der Waals surface area contributed by atoms with Crippen molar-refractivity contribution in [2.24, 2.45) is 0 Å². The second kappa shape index (κ2) is 7.87. The molecule has 0 unspecified atom stereocenters. The van der Waals surface area contributed by atoms with Crippen molar-refractivity contribution < 1.29 is 0 Å². The van der Waals surface area contributed by atoms with Crippen LogP contribution in [0.1, 0.15) is 63.8 Å². The molecule has 0 spiro atoms. The average Bonchev–Trinajstić information content (AvgIpc) is 2.94. The third-order valence-electron chi connectivity index (χ3n) is 3.74. The second-order valence-corrected chi connectivity index (χ2v) is 6.91. The third kappa shape index (κ3) is 4.11. The summed E-state index contributed by atoms with van der Waals surface area (Å²) >= 11 is 1.97. The standard InChI is InChI=1S/C16H27N3S/c1-4-8-14-18-15(17-11-5-2)12(3)16(19-14)20-13-9-6-7-10-13/h13H,4-11H2,1-3H3,(H,17,18,19). The lowest BCUT2D eigenvalue weighted by atomic mass is 10.3. The summed E-state index contributed by atoms with van der Waals surface area (Å²) in [6.07, 6.45) is 8.64. The summed E-state index contributed by atoms with van der Waals surface area (Å²) < 4.78 is 0. The molecule has 0 saturated heterocycles. The summed E-state index contributed by atoms with van der Waals surface area (Å²) in [5.74, 6) is 2.04. The van der Waals surface area contributed by atoms with E-state index in [2.05, 4.69) is 26.1 Å². The Morgan fingerprint density at radius 3 is 2.55 bits per heavy atom. The largest absolute Gasteiger partial charge is 0.370 e. The highest BCUT2D eigenvalue weighted by atomic mass is 32.2. The first-order valence-electron chi connectivity index (χ1n) is 8.02. The van der Waals surface area contributed by atoms with Crippen LogP contribution in [0.4, 0.5) is 5.82 Å². The van der Waals surface area contributed by atoms with E-state index in [1.807, 2.05) is 11.8 Å². The van der Waals surface area contributed by atoms with E-state index < -0.39 is 0 Å². The minimum absolute atomic E-state index is 0.761. The summed E-state index contributed by atoms with van der Waals surface area (Å²) in [7, 11) is 0. The average molecular weight is 293 g/mol. The van der Waals surface area contributed by atoms with Crippen molar-refractivity contribution in [1.82, 2.24) is 9.97 Å². The van der Waals surface area contributed by atoms with Crippen LogP contribution in [0.3, 0.4) is 0 Å². The van der Waals surface area contributed by atoms with Crippen molar-refractivity contribution in [1.29, 1.82) is 0 Å². The van der Waals surface area contributed by atoms with Crippen LogP contribution in [0.5, 0.6) is 0 Å². The fourth-order valence-corrected chi connectivity index (χ4v) is 3.89. The lowest BCUT2D eigenvalue weighted by Gasteiger charge is -2.15. The van der Waals surface area contributed by atoms with E-state index in [0.29, 0.717) is 0 Å². The maximum atomic E-state index is 4.81. The number of aryl methyl sites for hydroxylation is 1. The van der Waals surface area contributed by atoms with Gasteiger partial charge >= 0.3 is 0 Å². The number of anilines is 1. The molecule has 1 heterocycles. The van der Waals surface area contributed by atoms with E-state index in [-0.39, 0.29) is 0 Å². The summed E-state index contributed by atoms with van der Waals surface area (Å²) in [4.78, 5) is 9.51. The van der Waals surface area contributed by atoms with E-state index in [9.17, 15) is 0 Å². The molecule has 0 aromatic carbocycles. The topological polar surface area (TPSA) is 37.8 Å². The zero-order valence-corrected chi connectivity index (χ0v) is 13.9. The molecule has 0 atom stereocenters. The van der Waals surface area contributed by atoms with Gasteiger partial charge < -0.3 is 5.32 Å². The molecule has 1 aromatic rings. The van der Waals surface area contributed by atoms with E-state index in [4.69, 9.17) is 9.97 Å². The van der Waals surface area contributed by atoms with Crippen molar-refractivity contribution in [3.05, 3.63) is 11.4 Å². The normalized spacial score (nSPS) is 15.8. The number of nitrogens with one attached hydrogen (secondary N) is 1. The highest BCUT2D eigenvalue weighted by molar-refractivity contribution is 7.99. The summed E-state index contributed by atoms with van der Waals surface area (Å²) in [5, 5.41) is 5.43. The highest BCUT2D eigenvalue weighted by Crippen LogP contribution is 2.36.